The molecule has 0 aliphatic rings. The van der Waals surface area contributed by atoms with E-state index >= 15 is 0 Å². The van der Waals surface area contributed by atoms with E-state index in [9.17, 15) is 13.2 Å². The molecule has 0 amide bonds. The third-order valence-electron chi connectivity index (χ3n) is 3.81. The molecule has 0 bridgehead atoms. The van der Waals surface area contributed by atoms with Gasteiger partial charge in [0.15, 0.2) is 12.4 Å². The summed E-state index contributed by atoms with van der Waals surface area (Å²) in [6, 6.07) is 15.0. The van der Waals surface area contributed by atoms with Gasteiger partial charge in [-0.3, -0.25) is 0 Å². The fourth-order valence-corrected chi connectivity index (χ4v) is 3.20. The first kappa shape index (κ1) is 18.8. The maximum Gasteiger partial charge on any atom is 0.338 e. The smallest absolute Gasteiger partial charge is 0.338 e. The SMILES string of the molecule is CN(C)S(=O)(=O)c1ccc(C(=O)OCc2ncc(-c3ccccc3)o2)cc1. The van der Waals surface area contributed by atoms with Gasteiger partial charge in [0.05, 0.1) is 16.7 Å². The van der Waals surface area contributed by atoms with Crippen molar-refractivity contribution in [1.82, 2.24) is 9.29 Å². The van der Waals surface area contributed by atoms with Gasteiger partial charge in [-0.2, -0.15) is 0 Å². The molecule has 0 spiro atoms. The van der Waals surface area contributed by atoms with Crippen LogP contribution in [0.2, 0.25) is 0 Å². The van der Waals surface area contributed by atoms with Gasteiger partial charge in [-0.1, -0.05) is 30.3 Å². The zero-order valence-electron chi connectivity index (χ0n) is 14.8. The van der Waals surface area contributed by atoms with Gasteiger partial charge in [0.2, 0.25) is 15.9 Å². The van der Waals surface area contributed by atoms with Crippen LogP contribution >= 0.6 is 0 Å². The number of carbonyl (C=O) groups excluding carboxylic acids is 1. The van der Waals surface area contributed by atoms with Crippen LogP contribution < -0.4 is 0 Å². The molecule has 2 aromatic carbocycles. The fraction of sp³-hybridized carbons (Fsp3) is 0.158. The van der Waals surface area contributed by atoms with Gasteiger partial charge in [0.25, 0.3) is 0 Å². The van der Waals surface area contributed by atoms with Crippen molar-refractivity contribution >= 4 is 16.0 Å². The largest absolute Gasteiger partial charge is 0.452 e. The molecule has 0 aliphatic heterocycles. The minimum Gasteiger partial charge on any atom is -0.452 e. The summed E-state index contributed by atoms with van der Waals surface area (Å²) in [5.41, 5.74) is 1.11. The summed E-state index contributed by atoms with van der Waals surface area (Å²) in [7, 11) is -0.658. The third kappa shape index (κ3) is 4.24. The van der Waals surface area contributed by atoms with Crippen LogP contribution in [-0.2, 0) is 21.4 Å². The third-order valence-corrected chi connectivity index (χ3v) is 5.64. The molecule has 0 saturated heterocycles. The highest BCUT2D eigenvalue weighted by molar-refractivity contribution is 7.89. The average Bonchev–Trinajstić information content (AvgIpc) is 3.16. The summed E-state index contributed by atoms with van der Waals surface area (Å²) in [6.45, 7) is -0.122. The van der Waals surface area contributed by atoms with Crippen LogP contribution in [0.25, 0.3) is 11.3 Å². The summed E-state index contributed by atoms with van der Waals surface area (Å²) >= 11 is 0. The van der Waals surface area contributed by atoms with Crippen LogP contribution in [0.1, 0.15) is 16.2 Å². The van der Waals surface area contributed by atoms with Crippen molar-refractivity contribution in [3.63, 3.8) is 0 Å². The number of ether oxygens (including phenoxy) is 1. The van der Waals surface area contributed by atoms with E-state index in [-0.39, 0.29) is 23.0 Å². The lowest BCUT2D eigenvalue weighted by atomic mass is 10.2. The molecule has 1 heterocycles. The zero-order valence-corrected chi connectivity index (χ0v) is 15.6. The highest BCUT2D eigenvalue weighted by Gasteiger charge is 2.18. The minimum atomic E-state index is -3.54. The quantitative estimate of drug-likeness (QED) is 0.605. The average molecular weight is 386 g/mol. The fourth-order valence-electron chi connectivity index (χ4n) is 2.30. The van der Waals surface area contributed by atoms with Crippen molar-refractivity contribution in [3.05, 3.63) is 72.2 Å². The van der Waals surface area contributed by atoms with Gasteiger partial charge in [-0.25, -0.2) is 22.5 Å². The van der Waals surface area contributed by atoms with E-state index in [2.05, 4.69) is 4.98 Å². The summed E-state index contributed by atoms with van der Waals surface area (Å²) in [6.07, 6.45) is 1.57. The Bertz CT molecular complexity index is 1030. The predicted octanol–water partition coefficient (Wildman–Crippen LogP) is 2.95. The highest BCUT2D eigenvalue weighted by atomic mass is 32.2. The van der Waals surface area contributed by atoms with Crippen LogP contribution in [0.4, 0.5) is 0 Å². The molecule has 27 heavy (non-hydrogen) atoms. The number of esters is 1. The molecule has 0 atom stereocenters. The summed E-state index contributed by atoms with van der Waals surface area (Å²) in [4.78, 5) is 16.3. The molecular formula is C19H18N2O5S. The molecule has 8 heteroatoms. The van der Waals surface area contributed by atoms with E-state index in [1.807, 2.05) is 30.3 Å². The van der Waals surface area contributed by atoms with E-state index in [1.165, 1.54) is 38.4 Å². The molecular weight excluding hydrogens is 368 g/mol. The summed E-state index contributed by atoms with van der Waals surface area (Å²) < 4.78 is 35.9. The number of carbonyl (C=O) groups is 1. The lowest BCUT2D eigenvalue weighted by molar-refractivity contribution is 0.0439. The molecule has 140 valence electrons. The minimum absolute atomic E-state index is 0.101. The van der Waals surface area contributed by atoms with Gasteiger partial charge in [-0.05, 0) is 24.3 Å². The molecule has 0 fully saturated rings. The maximum absolute atomic E-state index is 12.1. The molecule has 0 radical (unpaired) electrons. The van der Waals surface area contributed by atoms with Crippen LogP contribution in [-0.4, -0.2) is 37.8 Å². The Balaban J connectivity index is 1.64. The monoisotopic (exact) mass is 386 g/mol. The molecule has 0 saturated carbocycles. The molecule has 1 aromatic heterocycles. The van der Waals surface area contributed by atoms with E-state index in [4.69, 9.17) is 9.15 Å². The second-order valence-corrected chi connectivity index (χ2v) is 8.02. The second kappa shape index (κ2) is 7.73. The number of hydrogen-bond donors (Lipinski definition) is 0. The standard InChI is InChI=1S/C19H18N2O5S/c1-21(2)27(23,24)16-10-8-15(9-11-16)19(22)25-13-18-20-12-17(26-18)14-6-4-3-5-7-14/h3-12H,13H2,1-2H3. The van der Waals surface area contributed by atoms with E-state index in [0.717, 1.165) is 9.87 Å². The van der Waals surface area contributed by atoms with Crippen molar-refractivity contribution in [3.8, 4) is 11.3 Å². The van der Waals surface area contributed by atoms with Crippen LogP contribution in [0.3, 0.4) is 0 Å². The number of benzene rings is 2. The van der Waals surface area contributed by atoms with Crippen LogP contribution in [0.15, 0.2) is 70.1 Å². The Kier molecular flexibility index (Phi) is 5.38. The van der Waals surface area contributed by atoms with Crippen LogP contribution in [0, 0.1) is 0 Å². The number of aromatic nitrogens is 1. The summed E-state index contributed by atoms with van der Waals surface area (Å²) in [5.74, 6) is 0.261. The maximum atomic E-state index is 12.1. The van der Waals surface area contributed by atoms with Gasteiger partial charge in [0, 0.05) is 19.7 Å². The van der Waals surface area contributed by atoms with E-state index in [1.54, 1.807) is 6.20 Å². The van der Waals surface area contributed by atoms with Crippen molar-refractivity contribution in [2.75, 3.05) is 14.1 Å². The predicted molar refractivity (Wildman–Crippen MR) is 98.4 cm³/mol. The first-order valence-corrected chi connectivity index (χ1v) is 9.52. The Hall–Kier alpha value is -2.97. The first-order valence-electron chi connectivity index (χ1n) is 8.08. The Labute approximate surface area is 157 Å². The molecule has 0 unspecified atom stereocenters. The van der Waals surface area contributed by atoms with Gasteiger partial charge < -0.3 is 9.15 Å². The molecule has 3 aromatic rings. The summed E-state index contributed by atoms with van der Waals surface area (Å²) in [5, 5.41) is 0. The topological polar surface area (TPSA) is 89.7 Å². The van der Waals surface area contributed by atoms with Crippen molar-refractivity contribution < 1.29 is 22.4 Å². The van der Waals surface area contributed by atoms with Gasteiger partial charge >= 0.3 is 5.97 Å². The lowest BCUT2D eigenvalue weighted by Gasteiger charge is -2.11. The zero-order chi connectivity index (χ0) is 19.4. The second-order valence-electron chi connectivity index (χ2n) is 5.87. The molecule has 7 nitrogen and oxygen atoms in total. The van der Waals surface area contributed by atoms with E-state index in [0.29, 0.717) is 5.76 Å². The first-order chi connectivity index (χ1) is 12.9. The molecule has 3 rings (SSSR count). The Morgan fingerprint density at radius 2 is 1.74 bits per heavy atom. The number of rotatable bonds is 6. The molecule has 0 N–H and O–H groups in total. The number of hydrogen-bond acceptors (Lipinski definition) is 6. The normalized spacial score (nSPS) is 11.5. The van der Waals surface area contributed by atoms with Crippen molar-refractivity contribution in [2.45, 2.75) is 11.5 Å². The van der Waals surface area contributed by atoms with Gasteiger partial charge in [-0.15, -0.1) is 0 Å². The Morgan fingerprint density at radius 1 is 1.07 bits per heavy atom. The number of oxazole rings is 1. The number of sulfonamides is 1. The Morgan fingerprint density at radius 3 is 2.37 bits per heavy atom. The van der Waals surface area contributed by atoms with E-state index < -0.39 is 16.0 Å². The highest BCUT2D eigenvalue weighted by Crippen LogP contribution is 2.20. The van der Waals surface area contributed by atoms with Crippen molar-refractivity contribution in [1.29, 1.82) is 0 Å². The van der Waals surface area contributed by atoms with Gasteiger partial charge in [0.1, 0.15) is 0 Å². The molecule has 0 aliphatic carbocycles. The number of nitrogens with zero attached hydrogens (tertiary/aromatic N) is 2. The van der Waals surface area contributed by atoms with Crippen molar-refractivity contribution in [2.24, 2.45) is 0 Å². The van der Waals surface area contributed by atoms with Crippen LogP contribution in [0.5, 0.6) is 0 Å². The lowest BCUT2D eigenvalue weighted by Crippen LogP contribution is -2.22.